The number of carbonyl (C=O) groups excluding carboxylic acids is 2. The first-order valence-electron chi connectivity index (χ1n) is 8.13. The van der Waals surface area contributed by atoms with Crippen molar-refractivity contribution in [3.63, 3.8) is 0 Å². The summed E-state index contributed by atoms with van der Waals surface area (Å²) in [4.78, 5) is 27.5. The van der Waals surface area contributed by atoms with E-state index in [0.29, 0.717) is 12.1 Å². The molecule has 0 aliphatic rings. The van der Waals surface area contributed by atoms with Crippen molar-refractivity contribution in [1.82, 2.24) is 9.47 Å². The molecule has 0 bridgehead atoms. The second-order valence-corrected chi connectivity index (χ2v) is 7.99. The normalized spacial score (nSPS) is 10.7. The van der Waals surface area contributed by atoms with Crippen molar-refractivity contribution in [1.29, 1.82) is 0 Å². The van der Waals surface area contributed by atoms with Gasteiger partial charge in [-0.05, 0) is 53.9 Å². The standard InChI is InChI=1S/C19H20N2O3S2/c1-13-14(2)26-18(21-7-4-5-8-21)17(13)19(23)24-11-16(22)20(3)10-15-6-9-25-12-15/h4-9,12H,10-11H2,1-3H3. The number of aryl methyl sites for hydroxylation is 1. The largest absolute Gasteiger partial charge is 0.452 e. The molecule has 0 atom stereocenters. The third-order valence-corrected chi connectivity index (χ3v) is 6.11. The Morgan fingerprint density at radius 3 is 2.62 bits per heavy atom. The lowest BCUT2D eigenvalue weighted by Crippen LogP contribution is -2.30. The van der Waals surface area contributed by atoms with Crippen LogP contribution < -0.4 is 0 Å². The first-order valence-corrected chi connectivity index (χ1v) is 9.88. The van der Waals surface area contributed by atoms with Crippen molar-refractivity contribution in [3.8, 4) is 5.00 Å². The lowest BCUT2D eigenvalue weighted by Gasteiger charge is -2.16. The fourth-order valence-electron chi connectivity index (χ4n) is 2.56. The van der Waals surface area contributed by atoms with Crippen LogP contribution >= 0.6 is 22.7 Å². The van der Waals surface area contributed by atoms with Gasteiger partial charge in [0.15, 0.2) is 6.61 Å². The van der Waals surface area contributed by atoms with E-state index >= 15 is 0 Å². The maximum atomic E-state index is 12.6. The average molecular weight is 389 g/mol. The number of likely N-dealkylation sites (N-methyl/N-ethyl adjacent to an activating group) is 1. The minimum atomic E-state index is -0.465. The quantitative estimate of drug-likeness (QED) is 0.599. The third-order valence-electron chi connectivity index (χ3n) is 4.16. The van der Waals surface area contributed by atoms with E-state index in [1.165, 1.54) is 11.3 Å². The second kappa shape index (κ2) is 7.88. The number of carbonyl (C=O) groups is 2. The Kier molecular flexibility index (Phi) is 5.58. The zero-order valence-electron chi connectivity index (χ0n) is 14.9. The summed E-state index contributed by atoms with van der Waals surface area (Å²) >= 11 is 3.13. The number of ether oxygens (including phenoxy) is 1. The van der Waals surface area contributed by atoms with Gasteiger partial charge in [-0.15, -0.1) is 11.3 Å². The molecule has 3 aromatic rings. The van der Waals surface area contributed by atoms with Crippen molar-refractivity contribution in [3.05, 3.63) is 62.9 Å². The molecule has 0 N–H and O–H groups in total. The van der Waals surface area contributed by atoms with Crippen LogP contribution in [0.5, 0.6) is 0 Å². The minimum absolute atomic E-state index is 0.225. The zero-order valence-corrected chi connectivity index (χ0v) is 16.5. The van der Waals surface area contributed by atoms with E-state index in [-0.39, 0.29) is 12.5 Å². The van der Waals surface area contributed by atoms with Gasteiger partial charge >= 0.3 is 5.97 Å². The Morgan fingerprint density at radius 1 is 1.23 bits per heavy atom. The summed E-state index contributed by atoms with van der Waals surface area (Å²) in [5.41, 5.74) is 2.48. The van der Waals surface area contributed by atoms with Crippen molar-refractivity contribution in [2.24, 2.45) is 0 Å². The summed E-state index contributed by atoms with van der Waals surface area (Å²) in [6, 6.07) is 5.78. The molecule has 3 rings (SSSR count). The third kappa shape index (κ3) is 3.89. The van der Waals surface area contributed by atoms with Gasteiger partial charge in [0.2, 0.25) is 0 Å². The zero-order chi connectivity index (χ0) is 18.7. The number of aromatic nitrogens is 1. The van der Waals surface area contributed by atoms with E-state index in [2.05, 4.69) is 0 Å². The molecule has 0 saturated carbocycles. The highest BCUT2D eigenvalue weighted by Gasteiger charge is 2.23. The maximum Gasteiger partial charge on any atom is 0.341 e. The number of amides is 1. The summed E-state index contributed by atoms with van der Waals surface area (Å²) in [7, 11) is 1.71. The van der Waals surface area contributed by atoms with Crippen LogP contribution in [0.4, 0.5) is 0 Å². The molecule has 0 unspecified atom stereocenters. The van der Waals surface area contributed by atoms with Crippen LogP contribution in [-0.4, -0.2) is 35.0 Å². The molecule has 3 heterocycles. The first-order chi connectivity index (χ1) is 12.5. The van der Waals surface area contributed by atoms with E-state index in [0.717, 1.165) is 21.0 Å². The fraction of sp³-hybridized carbons (Fsp3) is 0.263. The van der Waals surface area contributed by atoms with Gasteiger partial charge in [0, 0.05) is 30.9 Å². The Balaban J connectivity index is 1.68. The molecule has 0 aliphatic heterocycles. The van der Waals surface area contributed by atoms with E-state index in [4.69, 9.17) is 4.74 Å². The molecule has 5 nitrogen and oxygen atoms in total. The topological polar surface area (TPSA) is 51.5 Å². The molecular weight excluding hydrogens is 368 g/mol. The van der Waals surface area contributed by atoms with Crippen molar-refractivity contribution < 1.29 is 14.3 Å². The molecule has 1 amide bonds. The van der Waals surface area contributed by atoms with Crippen molar-refractivity contribution in [2.75, 3.05) is 13.7 Å². The number of nitrogens with zero attached hydrogens (tertiary/aromatic N) is 2. The minimum Gasteiger partial charge on any atom is -0.452 e. The molecule has 0 spiro atoms. The van der Waals surface area contributed by atoms with Crippen LogP contribution in [0.3, 0.4) is 0 Å². The molecule has 0 fully saturated rings. The van der Waals surface area contributed by atoms with Gasteiger partial charge < -0.3 is 14.2 Å². The van der Waals surface area contributed by atoms with Crippen LogP contribution in [-0.2, 0) is 16.1 Å². The van der Waals surface area contributed by atoms with Gasteiger partial charge in [0.25, 0.3) is 5.91 Å². The molecule has 136 valence electrons. The number of hydrogen-bond donors (Lipinski definition) is 0. The highest BCUT2D eigenvalue weighted by Crippen LogP contribution is 2.31. The van der Waals surface area contributed by atoms with Crippen molar-refractivity contribution in [2.45, 2.75) is 20.4 Å². The number of thiophene rings is 2. The lowest BCUT2D eigenvalue weighted by molar-refractivity contribution is -0.133. The van der Waals surface area contributed by atoms with Crippen LogP contribution in [0.2, 0.25) is 0 Å². The van der Waals surface area contributed by atoms with Gasteiger partial charge in [0.05, 0.1) is 5.56 Å². The Morgan fingerprint density at radius 2 is 1.96 bits per heavy atom. The highest BCUT2D eigenvalue weighted by atomic mass is 32.1. The van der Waals surface area contributed by atoms with Gasteiger partial charge in [-0.1, -0.05) is 0 Å². The SMILES string of the molecule is Cc1sc(-n2cccc2)c(C(=O)OCC(=O)N(C)Cc2ccsc2)c1C. The Labute approximate surface area is 160 Å². The lowest BCUT2D eigenvalue weighted by atomic mass is 10.1. The predicted octanol–water partition coefficient (Wildman–Crippen LogP) is 4.03. The summed E-state index contributed by atoms with van der Waals surface area (Å²) < 4.78 is 7.22. The summed E-state index contributed by atoms with van der Waals surface area (Å²) in [5.74, 6) is -0.690. The van der Waals surface area contributed by atoms with Crippen LogP contribution in [0.15, 0.2) is 41.4 Å². The number of rotatable bonds is 6. The number of esters is 1. The molecule has 0 aromatic carbocycles. The molecule has 0 saturated heterocycles. The summed E-state index contributed by atoms with van der Waals surface area (Å²) in [6.45, 7) is 4.12. The smallest absolute Gasteiger partial charge is 0.341 e. The Hall–Kier alpha value is -2.38. The maximum absolute atomic E-state index is 12.6. The van der Waals surface area contributed by atoms with Gasteiger partial charge in [-0.25, -0.2) is 4.79 Å². The fourth-order valence-corrected chi connectivity index (χ4v) is 4.33. The van der Waals surface area contributed by atoms with Gasteiger partial charge in [-0.3, -0.25) is 4.79 Å². The Bertz CT molecular complexity index is 896. The first kappa shape index (κ1) is 18.4. The summed E-state index contributed by atoms with van der Waals surface area (Å²) in [5, 5.41) is 4.78. The van der Waals surface area contributed by atoms with E-state index in [9.17, 15) is 9.59 Å². The summed E-state index contributed by atoms with van der Waals surface area (Å²) in [6.07, 6.45) is 3.78. The molecule has 26 heavy (non-hydrogen) atoms. The highest BCUT2D eigenvalue weighted by molar-refractivity contribution is 7.15. The average Bonchev–Trinajstić information content (AvgIpc) is 3.35. The second-order valence-electron chi connectivity index (χ2n) is 6.01. The van der Waals surface area contributed by atoms with E-state index in [1.54, 1.807) is 23.3 Å². The number of hydrogen-bond acceptors (Lipinski definition) is 5. The van der Waals surface area contributed by atoms with Crippen LogP contribution in [0.1, 0.15) is 26.4 Å². The van der Waals surface area contributed by atoms with Gasteiger partial charge in [0.1, 0.15) is 5.00 Å². The molecule has 0 aliphatic carbocycles. The van der Waals surface area contributed by atoms with E-state index < -0.39 is 5.97 Å². The van der Waals surface area contributed by atoms with Crippen LogP contribution in [0, 0.1) is 13.8 Å². The predicted molar refractivity (Wildman–Crippen MR) is 104 cm³/mol. The van der Waals surface area contributed by atoms with Crippen LogP contribution in [0.25, 0.3) is 5.00 Å². The van der Waals surface area contributed by atoms with Gasteiger partial charge in [-0.2, -0.15) is 11.3 Å². The molecule has 7 heteroatoms. The van der Waals surface area contributed by atoms with Crippen molar-refractivity contribution >= 4 is 34.6 Å². The molecule has 3 aromatic heterocycles. The molecular formula is C19H20N2O3S2. The molecule has 0 radical (unpaired) electrons. The monoisotopic (exact) mass is 388 g/mol. The van der Waals surface area contributed by atoms with E-state index in [1.807, 2.05) is 59.8 Å².